The van der Waals surface area contributed by atoms with Gasteiger partial charge >= 0.3 is 0 Å². The van der Waals surface area contributed by atoms with Crippen molar-refractivity contribution in [1.82, 2.24) is 4.90 Å². The number of piperidine rings is 1. The Kier molecular flexibility index (Phi) is 6.90. The number of nitrogens with zero attached hydrogens (tertiary/aromatic N) is 1. The molecular formula is C28H27F4NO3. The highest BCUT2D eigenvalue weighted by Crippen LogP contribution is 2.44. The molecule has 1 N–H and O–H groups in total. The Labute approximate surface area is 207 Å². The SMILES string of the molecule is C[C@@H]1C[C@@H](O)C[C@H]2c3cc(OCc4cc(F)cc(F)c4)c(OCc4cc(F)cc(F)c4)cc3CCN12. The lowest BCUT2D eigenvalue weighted by Crippen LogP contribution is -2.48. The van der Waals surface area contributed by atoms with Gasteiger partial charge in [-0.15, -0.1) is 0 Å². The van der Waals surface area contributed by atoms with Gasteiger partial charge in [-0.25, -0.2) is 17.6 Å². The lowest BCUT2D eigenvalue weighted by atomic mass is 9.83. The number of ether oxygens (including phenoxy) is 2. The van der Waals surface area contributed by atoms with Crippen LogP contribution in [0.4, 0.5) is 17.6 Å². The molecule has 0 aliphatic carbocycles. The summed E-state index contributed by atoms with van der Waals surface area (Å²) in [5.74, 6) is -2.09. The van der Waals surface area contributed by atoms with Gasteiger partial charge < -0.3 is 14.6 Å². The van der Waals surface area contributed by atoms with Crippen molar-refractivity contribution in [1.29, 1.82) is 0 Å². The van der Waals surface area contributed by atoms with E-state index in [0.29, 0.717) is 35.5 Å². The summed E-state index contributed by atoms with van der Waals surface area (Å²) in [5, 5.41) is 10.4. The first-order chi connectivity index (χ1) is 17.2. The number of fused-ring (bicyclic) bond motifs is 3. The molecule has 4 nitrogen and oxygen atoms in total. The molecule has 8 heteroatoms. The van der Waals surface area contributed by atoms with Crippen molar-refractivity contribution < 1.29 is 32.1 Å². The van der Waals surface area contributed by atoms with Crippen LogP contribution in [0.25, 0.3) is 0 Å². The van der Waals surface area contributed by atoms with Gasteiger partial charge in [0.1, 0.15) is 36.5 Å². The van der Waals surface area contributed by atoms with Gasteiger partial charge in [0.15, 0.2) is 11.5 Å². The minimum atomic E-state index is -0.704. The van der Waals surface area contributed by atoms with Crippen LogP contribution in [0.5, 0.6) is 11.5 Å². The number of hydrogen-bond donors (Lipinski definition) is 1. The minimum absolute atomic E-state index is 0.00725. The highest BCUT2D eigenvalue weighted by Gasteiger charge is 2.37. The maximum atomic E-state index is 13.7. The predicted octanol–water partition coefficient (Wildman–Crippen LogP) is 5.84. The third kappa shape index (κ3) is 5.34. The van der Waals surface area contributed by atoms with Gasteiger partial charge in [0.2, 0.25) is 0 Å². The monoisotopic (exact) mass is 501 g/mol. The Hall–Kier alpha value is -3.10. The summed E-state index contributed by atoms with van der Waals surface area (Å²) in [7, 11) is 0. The first-order valence-corrected chi connectivity index (χ1v) is 12.0. The summed E-state index contributed by atoms with van der Waals surface area (Å²) in [6.45, 7) is 2.74. The Morgan fingerprint density at radius 1 is 0.778 bits per heavy atom. The van der Waals surface area contributed by atoms with Crippen molar-refractivity contribution in [3.63, 3.8) is 0 Å². The summed E-state index contributed by atoms with van der Waals surface area (Å²) in [6, 6.07) is 10.3. The average Bonchev–Trinajstić information content (AvgIpc) is 2.79. The van der Waals surface area contributed by atoms with E-state index in [0.717, 1.165) is 36.2 Å². The molecule has 1 saturated heterocycles. The zero-order valence-electron chi connectivity index (χ0n) is 19.8. The fraction of sp³-hybridized carbons (Fsp3) is 0.357. The highest BCUT2D eigenvalue weighted by atomic mass is 19.1. The molecule has 1 fully saturated rings. The number of aliphatic hydroxyl groups is 1. The first-order valence-electron chi connectivity index (χ1n) is 12.0. The van der Waals surface area contributed by atoms with Gasteiger partial charge in [-0.2, -0.15) is 0 Å². The zero-order valence-corrected chi connectivity index (χ0v) is 19.8. The van der Waals surface area contributed by atoms with E-state index < -0.39 is 29.4 Å². The van der Waals surface area contributed by atoms with Crippen LogP contribution in [0.3, 0.4) is 0 Å². The third-order valence-corrected chi connectivity index (χ3v) is 6.91. The molecule has 0 bridgehead atoms. The van der Waals surface area contributed by atoms with Gasteiger partial charge in [-0.3, -0.25) is 4.90 Å². The lowest BCUT2D eigenvalue weighted by molar-refractivity contribution is 0.000925. The number of aliphatic hydroxyl groups excluding tert-OH is 1. The van der Waals surface area contributed by atoms with Crippen molar-refractivity contribution in [2.45, 2.75) is 57.6 Å². The smallest absolute Gasteiger partial charge is 0.162 e. The van der Waals surface area contributed by atoms with Crippen LogP contribution in [-0.2, 0) is 19.6 Å². The average molecular weight is 502 g/mol. The maximum absolute atomic E-state index is 13.7. The largest absolute Gasteiger partial charge is 0.485 e. The standard InChI is InChI=1S/C28H27F4NO3/c1-16-4-24(34)12-26-25-13-28(36-15-18-7-22(31)11-23(32)8-18)27(9-19(25)2-3-33(16)26)35-14-17-5-20(29)10-21(30)6-17/h5-11,13,16,24,26,34H,2-4,12,14-15H2,1H3/t16-,24-,26+/m1/s1. The molecule has 0 saturated carbocycles. The fourth-order valence-corrected chi connectivity index (χ4v) is 5.34. The Balaban J connectivity index is 1.46. The quantitative estimate of drug-likeness (QED) is 0.431. The second-order valence-corrected chi connectivity index (χ2v) is 9.61. The molecule has 0 spiro atoms. The van der Waals surface area contributed by atoms with E-state index in [1.807, 2.05) is 12.1 Å². The maximum Gasteiger partial charge on any atom is 0.162 e. The summed E-state index contributed by atoms with van der Waals surface area (Å²) < 4.78 is 66.6. The molecule has 2 aliphatic rings. The summed E-state index contributed by atoms with van der Waals surface area (Å²) in [5.41, 5.74) is 2.68. The molecule has 3 aromatic rings. The molecule has 0 unspecified atom stereocenters. The normalized spacial score (nSPS) is 21.6. The van der Waals surface area contributed by atoms with Crippen LogP contribution in [0.15, 0.2) is 48.5 Å². The van der Waals surface area contributed by atoms with E-state index in [1.165, 1.54) is 24.3 Å². The third-order valence-electron chi connectivity index (χ3n) is 6.91. The summed E-state index contributed by atoms with van der Waals surface area (Å²) >= 11 is 0. The second-order valence-electron chi connectivity index (χ2n) is 9.61. The number of rotatable bonds is 6. The molecule has 0 amide bonds. The molecule has 3 aromatic carbocycles. The van der Waals surface area contributed by atoms with Crippen LogP contribution in [0.2, 0.25) is 0 Å². The number of hydrogen-bond acceptors (Lipinski definition) is 4. The van der Waals surface area contributed by atoms with Crippen molar-refractivity contribution in [2.24, 2.45) is 0 Å². The van der Waals surface area contributed by atoms with Gasteiger partial charge in [0.25, 0.3) is 0 Å². The van der Waals surface area contributed by atoms with Crippen molar-refractivity contribution in [3.8, 4) is 11.5 Å². The predicted molar refractivity (Wildman–Crippen MR) is 126 cm³/mol. The molecule has 0 aromatic heterocycles. The summed E-state index contributed by atoms with van der Waals surface area (Å²) in [4.78, 5) is 2.37. The number of halogens is 4. The molecule has 2 aliphatic heterocycles. The Morgan fingerprint density at radius 3 is 1.86 bits per heavy atom. The van der Waals surface area contributed by atoms with Crippen LogP contribution in [0, 0.1) is 23.3 Å². The van der Waals surface area contributed by atoms with E-state index in [9.17, 15) is 22.7 Å². The summed E-state index contributed by atoms with van der Waals surface area (Å²) in [6.07, 6.45) is 1.66. The van der Waals surface area contributed by atoms with E-state index in [1.54, 1.807) is 0 Å². The van der Waals surface area contributed by atoms with E-state index >= 15 is 0 Å². The van der Waals surface area contributed by atoms with Gasteiger partial charge in [-0.05, 0) is 84.8 Å². The highest BCUT2D eigenvalue weighted by molar-refractivity contribution is 5.50. The minimum Gasteiger partial charge on any atom is -0.485 e. The molecular weight excluding hydrogens is 474 g/mol. The van der Waals surface area contributed by atoms with E-state index in [-0.39, 0.29) is 25.3 Å². The van der Waals surface area contributed by atoms with Crippen LogP contribution in [0.1, 0.15) is 48.1 Å². The molecule has 36 heavy (non-hydrogen) atoms. The molecule has 3 atom stereocenters. The topological polar surface area (TPSA) is 41.9 Å². The lowest BCUT2D eigenvalue weighted by Gasteiger charge is -2.46. The van der Waals surface area contributed by atoms with Crippen molar-refractivity contribution in [3.05, 3.63) is 94.1 Å². The molecule has 190 valence electrons. The second kappa shape index (κ2) is 10.1. The van der Waals surface area contributed by atoms with Gasteiger partial charge in [0.05, 0.1) is 6.10 Å². The van der Waals surface area contributed by atoms with Gasteiger partial charge in [-0.1, -0.05) is 0 Å². The first kappa shape index (κ1) is 24.6. The Morgan fingerprint density at radius 2 is 1.31 bits per heavy atom. The van der Waals surface area contributed by atoms with Crippen LogP contribution >= 0.6 is 0 Å². The fourth-order valence-electron chi connectivity index (χ4n) is 5.34. The van der Waals surface area contributed by atoms with Crippen molar-refractivity contribution >= 4 is 0 Å². The van der Waals surface area contributed by atoms with Gasteiger partial charge in [0, 0.05) is 30.8 Å². The van der Waals surface area contributed by atoms with E-state index in [2.05, 4.69) is 11.8 Å². The molecule has 0 radical (unpaired) electrons. The van der Waals surface area contributed by atoms with Crippen molar-refractivity contribution in [2.75, 3.05) is 6.54 Å². The van der Waals surface area contributed by atoms with E-state index in [4.69, 9.17) is 9.47 Å². The van der Waals surface area contributed by atoms with Crippen LogP contribution in [-0.4, -0.2) is 28.7 Å². The Bertz CT molecular complexity index is 1230. The molecule has 5 rings (SSSR count). The number of benzene rings is 3. The zero-order chi connectivity index (χ0) is 25.4. The van der Waals surface area contributed by atoms with Crippen LogP contribution < -0.4 is 9.47 Å². The molecule has 2 heterocycles.